The lowest BCUT2D eigenvalue weighted by Gasteiger charge is -2.07. The van der Waals surface area contributed by atoms with Crippen molar-refractivity contribution in [2.24, 2.45) is 0 Å². The van der Waals surface area contributed by atoms with Crippen LogP contribution < -0.4 is 5.32 Å². The van der Waals surface area contributed by atoms with Gasteiger partial charge in [0, 0.05) is 29.7 Å². The number of nitrogens with zero attached hydrogens (tertiary/aromatic N) is 3. The first kappa shape index (κ1) is 23.3. The molecule has 0 fully saturated rings. The van der Waals surface area contributed by atoms with Crippen LogP contribution in [-0.2, 0) is 20.9 Å². The zero-order valence-electron chi connectivity index (χ0n) is 17.3. The van der Waals surface area contributed by atoms with Crippen LogP contribution in [0.15, 0.2) is 29.8 Å². The van der Waals surface area contributed by atoms with Gasteiger partial charge in [-0.1, -0.05) is 6.92 Å². The fraction of sp³-hybridized carbons (Fsp3) is 0.286. The first-order valence-electron chi connectivity index (χ1n) is 9.37. The first-order valence-corrected chi connectivity index (χ1v) is 9.37. The van der Waals surface area contributed by atoms with Crippen LogP contribution in [0.3, 0.4) is 0 Å². The number of amides is 1. The highest BCUT2D eigenvalue weighted by Gasteiger charge is 2.18. The van der Waals surface area contributed by atoms with Crippen molar-refractivity contribution in [3.8, 4) is 6.07 Å². The summed E-state index contributed by atoms with van der Waals surface area (Å²) in [5.41, 5.74) is 1.47. The maximum absolute atomic E-state index is 13.4. The molecule has 0 saturated heterocycles. The Kier molecular flexibility index (Phi) is 7.63. The van der Waals surface area contributed by atoms with Crippen LogP contribution in [0.25, 0.3) is 6.08 Å². The molecule has 0 atom stereocenters. The minimum Gasteiger partial charge on any atom is -0.451 e. The number of esters is 1. The summed E-state index contributed by atoms with van der Waals surface area (Å²) in [6, 6.07) is 6.44. The smallest absolute Gasteiger partial charge is 0.349 e. The highest BCUT2D eigenvalue weighted by Crippen LogP contribution is 2.22. The van der Waals surface area contributed by atoms with Gasteiger partial charge in [0.1, 0.15) is 11.6 Å². The number of halogens is 1. The summed E-state index contributed by atoms with van der Waals surface area (Å²) in [6.07, 6.45) is 2.33. The van der Waals surface area contributed by atoms with Crippen LogP contribution in [-0.4, -0.2) is 28.0 Å². The number of aromatic nitrogens is 1. The van der Waals surface area contributed by atoms with Crippen molar-refractivity contribution >= 4 is 29.3 Å². The average molecular weight is 428 g/mol. The molecule has 2 rings (SSSR count). The highest BCUT2D eigenvalue weighted by molar-refractivity contribution is 6.00. The van der Waals surface area contributed by atoms with Crippen LogP contribution in [0.5, 0.6) is 0 Å². The van der Waals surface area contributed by atoms with Gasteiger partial charge < -0.3 is 14.6 Å². The van der Waals surface area contributed by atoms with Crippen LogP contribution in [0.2, 0.25) is 0 Å². The lowest BCUT2D eigenvalue weighted by Crippen LogP contribution is -2.21. The van der Waals surface area contributed by atoms with E-state index in [2.05, 4.69) is 9.88 Å². The molecule has 1 aromatic carbocycles. The van der Waals surface area contributed by atoms with Gasteiger partial charge in [-0.25, -0.2) is 4.79 Å². The number of anilines is 1. The first-order chi connectivity index (χ1) is 14.7. The van der Waals surface area contributed by atoms with Crippen LogP contribution in [0.4, 0.5) is 15.8 Å². The van der Waals surface area contributed by atoms with Gasteiger partial charge in [-0.05, 0) is 50.1 Å². The monoisotopic (exact) mass is 428 g/mol. The van der Waals surface area contributed by atoms with E-state index in [4.69, 9.17) is 4.74 Å². The maximum Gasteiger partial charge on any atom is 0.349 e. The molecule has 31 heavy (non-hydrogen) atoms. The minimum absolute atomic E-state index is 0.0337. The molecule has 0 aliphatic rings. The molecular weight excluding hydrogens is 407 g/mol. The molecule has 9 nitrogen and oxygen atoms in total. The highest BCUT2D eigenvalue weighted by atomic mass is 19.1. The molecule has 0 bridgehead atoms. The second kappa shape index (κ2) is 10.2. The summed E-state index contributed by atoms with van der Waals surface area (Å²) in [7, 11) is 0. The summed E-state index contributed by atoms with van der Waals surface area (Å²) in [5, 5.41) is 22.3. The van der Waals surface area contributed by atoms with E-state index in [1.165, 1.54) is 6.08 Å². The molecule has 0 spiro atoms. The fourth-order valence-electron chi connectivity index (χ4n) is 2.97. The molecule has 0 aliphatic carbocycles. The Morgan fingerprint density at radius 1 is 1.35 bits per heavy atom. The third-order valence-electron chi connectivity index (χ3n) is 4.46. The standard InChI is InChI=1S/C21H21FN4O5/c1-4-7-25-13(2)8-15(14(25)3)9-16(11-23)21(28)31-12-20(27)24-17-5-6-18(22)19(10-17)26(29)30/h5-6,8-10H,4,7,12H2,1-3H3,(H,24,27). The van der Waals surface area contributed by atoms with Gasteiger partial charge in [-0.15, -0.1) is 0 Å². The van der Waals surface area contributed by atoms with Gasteiger partial charge in [0.25, 0.3) is 5.91 Å². The van der Waals surface area contributed by atoms with Crippen molar-refractivity contribution in [2.45, 2.75) is 33.7 Å². The van der Waals surface area contributed by atoms with E-state index in [-0.39, 0.29) is 11.3 Å². The van der Waals surface area contributed by atoms with Crippen LogP contribution in [0, 0.1) is 41.1 Å². The molecule has 1 heterocycles. The van der Waals surface area contributed by atoms with E-state index in [1.54, 1.807) is 6.07 Å². The number of rotatable bonds is 8. The third-order valence-corrected chi connectivity index (χ3v) is 4.46. The number of carbonyl (C=O) groups excluding carboxylic acids is 2. The topological polar surface area (TPSA) is 127 Å². The average Bonchev–Trinajstić information content (AvgIpc) is 2.99. The Balaban J connectivity index is 2.05. The molecule has 1 amide bonds. The summed E-state index contributed by atoms with van der Waals surface area (Å²) >= 11 is 0. The number of ether oxygens (including phenoxy) is 1. The maximum atomic E-state index is 13.4. The predicted octanol–water partition coefficient (Wildman–Crippen LogP) is 3.65. The van der Waals surface area contributed by atoms with Crippen molar-refractivity contribution in [2.75, 3.05) is 11.9 Å². The normalized spacial score (nSPS) is 11.0. The molecule has 162 valence electrons. The molecule has 2 aromatic rings. The van der Waals surface area contributed by atoms with Gasteiger partial charge in [0.05, 0.1) is 4.92 Å². The Morgan fingerprint density at radius 3 is 2.68 bits per heavy atom. The SMILES string of the molecule is CCCn1c(C)cc(C=C(C#N)C(=O)OCC(=O)Nc2ccc(F)c([N+](=O)[O-])c2)c1C. The van der Waals surface area contributed by atoms with Crippen molar-refractivity contribution in [1.82, 2.24) is 4.57 Å². The number of nitriles is 1. The van der Waals surface area contributed by atoms with Gasteiger partial charge >= 0.3 is 11.7 Å². The van der Waals surface area contributed by atoms with E-state index in [0.717, 1.165) is 42.6 Å². The molecule has 0 aliphatic heterocycles. The van der Waals surface area contributed by atoms with Crippen molar-refractivity contribution < 1.29 is 23.6 Å². The molecule has 0 radical (unpaired) electrons. The molecular formula is C21H21FN4O5. The van der Waals surface area contributed by atoms with Crippen molar-refractivity contribution in [3.63, 3.8) is 0 Å². The van der Waals surface area contributed by atoms with E-state index in [0.29, 0.717) is 5.56 Å². The van der Waals surface area contributed by atoms with Gasteiger partial charge in [0.2, 0.25) is 5.82 Å². The lowest BCUT2D eigenvalue weighted by molar-refractivity contribution is -0.387. The summed E-state index contributed by atoms with van der Waals surface area (Å²) in [5.74, 6) is -2.83. The van der Waals surface area contributed by atoms with Gasteiger partial charge in [-0.2, -0.15) is 9.65 Å². The summed E-state index contributed by atoms with van der Waals surface area (Å²) in [4.78, 5) is 34.0. The second-order valence-electron chi connectivity index (χ2n) is 6.70. The van der Waals surface area contributed by atoms with E-state index < -0.39 is 34.9 Å². The Bertz CT molecular complexity index is 1100. The van der Waals surface area contributed by atoms with E-state index in [9.17, 15) is 29.4 Å². The quantitative estimate of drug-likeness (QED) is 0.225. The largest absolute Gasteiger partial charge is 0.451 e. The van der Waals surface area contributed by atoms with Gasteiger partial charge in [-0.3, -0.25) is 14.9 Å². The number of nitro benzene ring substituents is 1. The van der Waals surface area contributed by atoms with Crippen molar-refractivity contribution in [3.05, 3.63) is 62.7 Å². The molecule has 1 N–H and O–H groups in total. The van der Waals surface area contributed by atoms with E-state index in [1.807, 2.05) is 26.8 Å². The summed E-state index contributed by atoms with van der Waals surface area (Å²) < 4.78 is 20.3. The second-order valence-corrected chi connectivity index (χ2v) is 6.70. The van der Waals surface area contributed by atoms with E-state index >= 15 is 0 Å². The Morgan fingerprint density at radius 2 is 2.06 bits per heavy atom. The fourth-order valence-corrected chi connectivity index (χ4v) is 2.97. The third kappa shape index (κ3) is 5.76. The van der Waals surface area contributed by atoms with Crippen LogP contribution >= 0.6 is 0 Å². The molecule has 0 saturated carbocycles. The number of nitrogens with one attached hydrogen (secondary N) is 1. The lowest BCUT2D eigenvalue weighted by atomic mass is 10.1. The van der Waals surface area contributed by atoms with Gasteiger partial charge in [0.15, 0.2) is 6.61 Å². The zero-order chi connectivity index (χ0) is 23.1. The summed E-state index contributed by atoms with van der Waals surface area (Å²) in [6.45, 7) is 5.93. The number of hydrogen-bond donors (Lipinski definition) is 1. The minimum atomic E-state index is -1.04. The van der Waals surface area contributed by atoms with Crippen LogP contribution in [0.1, 0.15) is 30.3 Å². The number of benzene rings is 1. The predicted molar refractivity (Wildman–Crippen MR) is 110 cm³/mol. The number of carbonyl (C=O) groups is 2. The molecule has 0 unspecified atom stereocenters. The molecule has 10 heteroatoms. The van der Waals surface area contributed by atoms with Crippen molar-refractivity contribution in [1.29, 1.82) is 5.26 Å². The zero-order valence-corrected chi connectivity index (χ0v) is 17.3. The number of nitro groups is 1. The number of aryl methyl sites for hydroxylation is 1. The molecule has 1 aromatic heterocycles. The Labute approximate surface area is 177 Å². The Hall–Kier alpha value is -4.00. The number of hydrogen-bond acceptors (Lipinski definition) is 6.